The van der Waals surface area contributed by atoms with Crippen LogP contribution < -0.4 is 4.72 Å². The summed E-state index contributed by atoms with van der Waals surface area (Å²) in [5.41, 5.74) is 1.11. The van der Waals surface area contributed by atoms with E-state index in [2.05, 4.69) is 4.72 Å². The van der Waals surface area contributed by atoms with E-state index >= 15 is 0 Å². The number of aliphatic carboxylic acids is 1. The molecule has 1 unspecified atom stereocenters. The first-order chi connectivity index (χ1) is 11.9. The quantitative estimate of drug-likeness (QED) is 0.528. The van der Waals surface area contributed by atoms with Crippen molar-refractivity contribution < 1.29 is 19.4 Å². The largest absolute Gasteiger partial charge is 0.481 e. The lowest BCUT2D eigenvalue weighted by Crippen LogP contribution is -2.32. The van der Waals surface area contributed by atoms with Crippen LogP contribution in [0.2, 0.25) is 10.0 Å². The Balaban J connectivity index is 2.24. The Morgan fingerprint density at radius 1 is 1.40 bits per heavy atom. The summed E-state index contributed by atoms with van der Waals surface area (Å²) in [4.78, 5) is 23.0. The lowest BCUT2D eigenvalue weighted by molar-refractivity contribution is -0.139. The van der Waals surface area contributed by atoms with Crippen LogP contribution in [0.5, 0.6) is 0 Å². The molecule has 1 aliphatic rings. The molecule has 0 saturated heterocycles. The molecule has 0 saturated carbocycles. The van der Waals surface area contributed by atoms with Crippen molar-refractivity contribution >= 4 is 47.3 Å². The van der Waals surface area contributed by atoms with Gasteiger partial charge in [0.1, 0.15) is 0 Å². The van der Waals surface area contributed by atoms with Crippen molar-refractivity contribution in [2.24, 2.45) is 0 Å². The fourth-order valence-electron chi connectivity index (χ4n) is 2.29. The van der Waals surface area contributed by atoms with Crippen LogP contribution in [0.15, 0.2) is 30.0 Å². The van der Waals surface area contributed by atoms with Crippen LogP contribution in [0, 0.1) is 0 Å². The molecule has 1 atom stereocenters. The molecular formula is C16H18Cl2N2O4S. The van der Waals surface area contributed by atoms with Gasteiger partial charge >= 0.3 is 11.9 Å². The van der Waals surface area contributed by atoms with Gasteiger partial charge in [0.15, 0.2) is 0 Å². The summed E-state index contributed by atoms with van der Waals surface area (Å²) in [7, 11) is 0. The number of carbonyl (C=O) groups is 2. The summed E-state index contributed by atoms with van der Waals surface area (Å²) in [6, 6.07) is 4.63. The second-order valence-electron chi connectivity index (χ2n) is 5.25. The second kappa shape index (κ2) is 9.33. The molecule has 2 N–H and O–H groups in total. The maximum absolute atomic E-state index is 12.4. The van der Waals surface area contributed by atoms with Crippen LogP contribution in [-0.4, -0.2) is 34.5 Å². The predicted molar refractivity (Wildman–Crippen MR) is 98.2 cm³/mol. The smallest absolute Gasteiger partial charge is 0.337 e. The highest BCUT2D eigenvalue weighted by Crippen LogP contribution is 2.36. The number of hydrogen-bond acceptors (Lipinski definition) is 6. The summed E-state index contributed by atoms with van der Waals surface area (Å²) in [6.07, 6.45) is 2.20. The van der Waals surface area contributed by atoms with Crippen LogP contribution in [0.1, 0.15) is 31.4 Å². The Hall–Kier alpha value is -1.41. The van der Waals surface area contributed by atoms with Gasteiger partial charge in [-0.1, -0.05) is 29.3 Å². The van der Waals surface area contributed by atoms with E-state index in [0.29, 0.717) is 34.1 Å². The average Bonchev–Trinajstić information content (AvgIpc) is 2.55. The Bertz CT molecular complexity index is 684. The van der Waals surface area contributed by atoms with Gasteiger partial charge in [0.25, 0.3) is 0 Å². The first-order valence-electron chi connectivity index (χ1n) is 7.67. The number of carbonyl (C=O) groups excluding carboxylic acids is 1. The molecule has 25 heavy (non-hydrogen) atoms. The van der Waals surface area contributed by atoms with Crippen LogP contribution in [0.3, 0.4) is 0 Å². The molecule has 1 aromatic rings. The fourth-order valence-corrected chi connectivity index (χ4v) is 3.69. The molecular weight excluding hydrogens is 387 g/mol. The summed E-state index contributed by atoms with van der Waals surface area (Å²) >= 11 is 13.5. The van der Waals surface area contributed by atoms with Gasteiger partial charge in [0, 0.05) is 41.3 Å². The number of carboxylic acid groups (broad SMARTS) is 1. The lowest BCUT2D eigenvalue weighted by atomic mass is 10.00. The maximum atomic E-state index is 12.4. The normalized spacial score (nSPS) is 17.2. The second-order valence-corrected chi connectivity index (χ2v) is 6.98. The average molecular weight is 405 g/mol. The first-order valence-corrected chi connectivity index (χ1v) is 9.20. The molecule has 0 amide bonds. The zero-order valence-corrected chi connectivity index (χ0v) is 15.8. The topological polar surface area (TPSA) is 78.9 Å². The number of hydrogen-bond donors (Lipinski definition) is 2. The third-order valence-corrected chi connectivity index (χ3v) is 4.86. The van der Waals surface area contributed by atoms with Crippen LogP contribution in [0.25, 0.3) is 0 Å². The summed E-state index contributed by atoms with van der Waals surface area (Å²) < 4.78 is 10.1. The Labute approximate surface area is 160 Å². The lowest BCUT2D eigenvalue weighted by Gasteiger charge is -2.31. The van der Waals surface area contributed by atoms with Crippen molar-refractivity contribution in [3.8, 4) is 0 Å². The van der Waals surface area contributed by atoms with Gasteiger partial charge in [-0.3, -0.25) is 4.79 Å². The molecule has 9 heteroatoms. The van der Waals surface area contributed by atoms with Crippen LogP contribution in [-0.2, 0) is 14.3 Å². The van der Waals surface area contributed by atoms with Gasteiger partial charge in [-0.15, -0.1) is 0 Å². The number of nitrogens with zero attached hydrogens (tertiary/aromatic N) is 1. The monoisotopic (exact) mass is 404 g/mol. The van der Waals surface area contributed by atoms with Gasteiger partial charge in [-0.05, 0) is 31.0 Å². The van der Waals surface area contributed by atoms with Gasteiger partial charge < -0.3 is 14.1 Å². The number of rotatable bonds is 7. The number of ether oxygens (including phenoxy) is 1. The van der Waals surface area contributed by atoms with Crippen molar-refractivity contribution in [1.82, 2.24) is 9.03 Å². The molecule has 0 fully saturated rings. The summed E-state index contributed by atoms with van der Waals surface area (Å²) in [5, 5.41) is 9.69. The minimum absolute atomic E-state index is 0.0616. The maximum Gasteiger partial charge on any atom is 0.337 e. The van der Waals surface area contributed by atoms with E-state index in [1.807, 2.05) is 0 Å². The highest BCUT2D eigenvalue weighted by Gasteiger charge is 2.30. The molecule has 1 aromatic carbocycles. The number of halogens is 2. The van der Waals surface area contributed by atoms with Crippen molar-refractivity contribution in [3.05, 3.63) is 45.6 Å². The highest BCUT2D eigenvalue weighted by atomic mass is 35.5. The molecule has 0 aromatic heterocycles. The number of esters is 1. The van der Waals surface area contributed by atoms with Crippen molar-refractivity contribution in [2.45, 2.75) is 25.8 Å². The van der Waals surface area contributed by atoms with Crippen LogP contribution >= 0.6 is 35.3 Å². The van der Waals surface area contributed by atoms with Crippen molar-refractivity contribution in [1.29, 1.82) is 0 Å². The Morgan fingerprint density at radius 3 is 2.80 bits per heavy atom. The standard InChI is InChI=1S/C16H18Cl2N2O4S/c1-2-24-16(23)12-9-20(7-3-4-14(21)22)25-19-15(12)11-6-5-10(17)8-13(11)18/h5-6,8-9,15,19H,2-4,7H2,1H3,(H,21,22). The van der Waals surface area contributed by atoms with Crippen LogP contribution in [0.4, 0.5) is 0 Å². The van der Waals surface area contributed by atoms with E-state index in [0.717, 1.165) is 0 Å². The predicted octanol–water partition coefficient (Wildman–Crippen LogP) is 3.81. The Morgan fingerprint density at radius 2 is 2.16 bits per heavy atom. The molecule has 2 rings (SSSR count). The molecule has 0 spiro atoms. The molecule has 1 aliphatic heterocycles. The fraction of sp³-hybridized carbons (Fsp3) is 0.375. The van der Waals surface area contributed by atoms with E-state index in [4.69, 9.17) is 33.0 Å². The number of benzene rings is 1. The molecule has 6 nitrogen and oxygen atoms in total. The van der Waals surface area contributed by atoms with Gasteiger partial charge in [0.2, 0.25) is 0 Å². The van der Waals surface area contributed by atoms with Gasteiger partial charge in [-0.2, -0.15) is 0 Å². The SMILES string of the molecule is CCOC(=O)C1=CN(CCCC(=O)O)SNC1c1ccc(Cl)cc1Cl. The Kier molecular flexibility index (Phi) is 7.43. The number of carboxylic acids is 1. The summed E-state index contributed by atoms with van der Waals surface area (Å²) in [6.45, 7) is 2.47. The van der Waals surface area contributed by atoms with Crippen molar-refractivity contribution in [2.75, 3.05) is 13.2 Å². The third kappa shape index (κ3) is 5.54. The molecule has 1 heterocycles. The minimum atomic E-state index is -0.851. The van der Waals surface area contributed by atoms with E-state index in [1.54, 1.807) is 35.6 Å². The van der Waals surface area contributed by atoms with E-state index in [9.17, 15) is 9.59 Å². The molecule has 0 aliphatic carbocycles. The van der Waals surface area contributed by atoms with E-state index in [1.165, 1.54) is 12.1 Å². The van der Waals surface area contributed by atoms with E-state index in [-0.39, 0.29) is 13.0 Å². The minimum Gasteiger partial charge on any atom is -0.481 e. The van der Waals surface area contributed by atoms with Gasteiger partial charge in [0.05, 0.1) is 18.2 Å². The van der Waals surface area contributed by atoms with Crippen molar-refractivity contribution in [3.63, 3.8) is 0 Å². The number of nitrogens with one attached hydrogen (secondary N) is 1. The zero-order chi connectivity index (χ0) is 18.4. The highest BCUT2D eigenvalue weighted by molar-refractivity contribution is 7.95. The summed E-state index contributed by atoms with van der Waals surface area (Å²) in [5.74, 6) is -1.30. The third-order valence-electron chi connectivity index (χ3n) is 3.44. The zero-order valence-electron chi connectivity index (χ0n) is 13.5. The van der Waals surface area contributed by atoms with E-state index < -0.39 is 18.0 Å². The van der Waals surface area contributed by atoms with Gasteiger partial charge in [-0.25, -0.2) is 9.52 Å². The molecule has 0 bridgehead atoms. The molecule has 0 radical (unpaired) electrons. The molecule has 136 valence electrons. The first kappa shape index (κ1) is 19.9.